The van der Waals surface area contributed by atoms with Crippen LogP contribution in [0.15, 0.2) is 0 Å². The second kappa shape index (κ2) is 5.04. The molecule has 50 valence electrons. The largest absolute Gasteiger partial charge is 0.379 e. The van der Waals surface area contributed by atoms with Crippen LogP contribution in [-0.4, -0.2) is 19.9 Å². The van der Waals surface area contributed by atoms with E-state index in [9.17, 15) is 4.39 Å². The Labute approximate surface area is 49.8 Å². The summed E-state index contributed by atoms with van der Waals surface area (Å²) in [7, 11) is 1.54. The van der Waals surface area contributed by atoms with Gasteiger partial charge in [-0.2, -0.15) is 0 Å². The van der Waals surface area contributed by atoms with Gasteiger partial charge >= 0.3 is 0 Å². The zero-order valence-electron chi connectivity index (χ0n) is 5.48. The van der Waals surface area contributed by atoms with Crippen molar-refractivity contribution in [1.29, 1.82) is 0 Å². The average molecular weight is 120 g/mol. The van der Waals surface area contributed by atoms with Crippen LogP contribution >= 0.6 is 0 Å². The lowest BCUT2D eigenvalue weighted by molar-refractivity contribution is 0.0721. The van der Waals surface area contributed by atoms with Gasteiger partial charge in [0.05, 0.1) is 6.10 Å². The molecule has 1 atom stereocenters. The van der Waals surface area contributed by atoms with Gasteiger partial charge < -0.3 is 4.74 Å². The highest BCUT2D eigenvalue weighted by Crippen LogP contribution is 1.99. The lowest BCUT2D eigenvalue weighted by Crippen LogP contribution is -2.11. The van der Waals surface area contributed by atoms with Crippen molar-refractivity contribution in [3.8, 4) is 0 Å². The van der Waals surface area contributed by atoms with Gasteiger partial charge in [0.25, 0.3) is 0 Å². The van der Waals surface area contributed by atoms with Crippen LogP contribution in [0.25, 0.3) is 0 Å². The van der Waals surface area contributed by atoms with E-state index in [1.807, 2.05) is 6.92 Å². The normalized spacial score (nSPS) is 13.9. The second-order valence-electron chi connectivity index (χ2n) is 1.80. The van der Waals surface area contributed by atoms with Crippen LogP contribution in [0.3, 0.4) is 0 Å². The van der Waals surface area contributed by atoms with E-state index in [2.05, 4.69) is 0 Å². The number of alkyl halides is 1. The van der Waals surface area contributed by atoms with Crippen LogP contribution in [0.2, 0.25) is 0 Å². The third-order valence-corrected chi connectivity index (χ3v) is 1.12. The second-order valence-corrected chi connectivity index (χ2v) is 1.80. The van der Waals surface area contributed by atoms with E-state index in [0.717, 1.165) is 12.8 Å². The molecule has 0 aliphatic rings. The predicted octanol–water partition coefficient (Wildman–Crippen LogP) is 1.77. The van der Waals surface area contributed by atoms with E-state index in [0.29, 0.717) is 0 Å². The maximum absolute atomic E-state index is 11.7. The molecule has 0 aromatic heterocycles. The highest BCUT2D eigenvalue weighted by molar-refractivity contribution is 4.51. The first-order valence-electron chi connectivity index (χ1n) is 2.93. The molecule has 2 heteroatoms. The summed E-state index contributed by atoms with van der Waals surface area (Å²) in [5, 5.41) is 0. The molecule has 0 heterocycles. The van der Waals surface area contributed by atoms with Gasteiger partial charge in [0, 0.05) is 7.11 Å². The maximum atomic E-state index is 11.7. The van der Waals surface area contributed by atoms with E-state index in [1.165, 1.54) is 0 Å². The van der Waals surface area contributed by atoms with E-state index in [4.69, 9.17) is 4.74 Å². The van der Waals surface area contributed by atoms with Crippen LogP contribution < -0.4 is 0 Å². The molecule has 0 aliphatic carbocycles. The molecule has 0 radical (unpaired) electrons. The molecule has 0 amide bonds. The van der Waals surface area contributed by atoms with Gasteiger partial charge in [-0.3, -0.25) is 0 Å². The number of halogens is 1. The summed E-state index contributed by atoms with van der Waals surface area (Å²) in [4.78, 5) is 0. The van der Waals surface area contributed by atoms with E-state index in [-0.39, 0.29) is 12.8 Å². The van der Waals surface area contributed by atoms with Crippen LogP contribution in [0, 0.1) is 0 Å². The van der Waals surface area contributed by atoms with Crippen molar-refractivity contribution < 1.29 is 9.13 Å². The summed E-state index contributed by atoms with van der Waals surface area (Å²) < 4.78 is 16.5. The third kappa shape index (κ3) is 2.97. The first kappa shape index (κ1) is 7.89. The van der Waals surface area contributed by atoms with Gasteiger partial charge in [-0.05, 0) is 6.42 Å². The summed E-state index contributed by atoms with van der Waals surface area (Å²) in [6.07, 6.45) is 1.65. The smallest absolute Gasteiger partial charge is 0.116 e. The monoisotopic (exact) mass is 120 g/mol. The Bertz CT molecular complexity index is 43.8. The number of methoxy groups -OCH3 is 1. The number of rotatable bonds is 4. The van der Waals surface area contributed by atoms with Crippen LogP contribution in [0.1, 0.15) is 19.8 Å². The minimum absolute atomic E-state index is 0.167. The number of hydrogen-bond donors (Lipinski definition) is 0. The highest BCUT2D eigenvalue weighted by atomic mass is 19.1. The van der Waals surface area contributed by atoms with E-state index < -0.39 is 0 Å². The van der Waals surface area contributed by atoms with E-state index in [1.54, 1.807) is 7.11 Å². The molecule has 0 saturated heterocycles. The van der Waals surface area contributed by atoms with Gasteiger partial charge in [-0.15, -0.1) is 0 Å². The molecule has 0 rings (SSSR count). The lowest BCUT2D eigenvalue weighted by atomic mass is 10.2. The molecule has 0 bridgehead atoms. The Balaban J connectivity index is 3.07. The van der Waals surface area contributed by atoms with Crippen molar-refractivity contribution in [2.45, 2.75) is 25.9 Å². The van der Waals surface area contributed by atoms with Crippen molar-refractivity contribution in [3.63, 3.8) is 0 Å². The summed E-state index contributed by atoms with van der Waals surface area (Å²) in [5.41, 5.74) is 0. The van der Waals surface area contributed by atoms with Crippen LogP contribution in [-0.2, 0) is 4.74 Å². The molecule has 0 aromatic rings. The maximum Gasteiger partial charge on any atom is 0.116 e. The standard InChI is InChI=1S/C6H13FO/c1-3-4-6(5-7)8-2/h6H,3-5H2,1-2H3/t6-/m1/s1. The molecule has 1 nitrogen and oxygen atoms in total. The Morgan fingerprint density at radius 3 is 2.38 bits per heavy atom. The van der Waals surface area contributed by atoms with Gasteiger partial charge in [-0.25, -0.2) is 4.39 Å². The Kier molecular flexibility index (Phi) is 4.97. The molecular weight excluding hydrogens is 107 g/mol. The first-order chi connectivity index (χ1) is 3.85. The van der Waals surface area contributed by atoms with Crippen LogP contribution in [0.4, 0.5) is 4.39 Å². The lowest BCUT2D eigenvalue weighted by Gasteiger charge is -2.07. The molecule has 0 aromatic carbocycles. The van der Waals surface area contributed by atoms with Crippen molar-refractivity contribution in [3.05, 3.63) is 0 Å². The number of ether oxygens (including phenoxy) is 1. The molecule has 0 saturated carbocycles. The van der Waals surface area contributed by atoms with E-state index >= 15 is 0 Å². The fraction of sp³-hybridized carbons (Fsp3) is 1.00. The molecular formula is C6H13FO. The zero-order chi connectivity index (χ0) is 6.41. The van der Waals surface area contributed by atoms with Crippen molar-refractivity contribution in [2.24, 2.45) is 0 Å². The minimum atomic E-state index is -0.357. The van der Waals surface area contributed by atoms with Crippen molar-refractivity contribution in [1.82, 2.24) is 0 Å². The summed E-state index contributed by atoms with van der Waals surface area (Å²) >= 11 is 0. The first-order valence-corrected chi connectivity index (χ1v) is 2.93. The van der Waals surface area contributed by atoms with Gasteiger partial charge in [0.15, 0.2) is 0 Å². The Morgan fingerprint density at radius 2 is 2.25 bits per heavy atom. The Hall–Kier alpha value is -0.110. The molecule has 0 N–H and O–H groups in total. The molecule has 0 spiro atoms. The fourth-order valence-corrected chi connectivity index (χ4v) is 0.580. The van der Waals surface area contributed by atoms with Gasteiger partial charge in [0.2, 0.25) is 0 Å². The predicted molar refractivity (Wildman–Crippen MR) is 31.7 cm³/mol. The van der Waals surface area contributed by atoms with Gasteiger partial charge in [-0.1, -0.05) is 13.3 Å². The average Bonchev–Trinajstić information content (AvgIpc) is 1.83. The topological polar surface area (TPSA) is 9.23 Å². The summed E-state index contributed by atoms with van der Waals surface area (Å²) in [6.45, 7) is 1.66. The number of hydrogen-bond acceptors (Lipinski definition) is 1. The summed E-state index contributed by atoms with van der Waals surface area (Å²) in [6, 6.07) is 0. The Morgan fingerprint density at radius 1 is 1.62 bits per heavy atom. The molecule has 0 fully saturated rings. The molecule has 0 aliphatic heterocycles. The summed E-state index contributed by atoms with van der Waals surface area (Å²) in [5.74, 6) is 0. The minimum Gasteiger partial charge on any atom is -0.379 e. The highest BCUT2D eigenvalue weighted by Gasteiger charge is 2.02. The van der Waals surface area contributed by atoms with Crippen molar-refractivity contribution in [2.75, 3.05) is 13.8 Å². The van der Waals surface area contributed by atoms with Crippen LogP contribution in [0.5, 0.6) is 0 Å². The quantitative estimate of drug-likeness (QED) is 0.549. The van der Waals surface area contributed by atoms with Crippen molar-refractivity contribution >= 4 is 0 Å². The molecule has 0 unspecified atom stereocenters. The van der Waals surface area contributed by atoms with Gasteiger partial charge in [0.1, 0.15) is 6.67 Å². The SMILES string of the molecule is CCC[C@H](CF)OC. The molecule has 8 heavy (non-hydrogen) atoms. The third-order valence-electron chi connectivity index (χ3n) is 1.12. The zero-order valence-corrected chi connectivity index (χ0v) is 5.48. The fourth-order valence-electron chi connectivity index (χ4n) is 0.580.